The number of aromatic nitrogens is 3. The third-order valence-electron chi connectivity index (χ3n) is 6.24. The van der Waals surface area contributed by atoms with E-state index in [1.165, 1.54) is 19.3 Å². The Morgan fingerprint density at radius 2 is 2.26 bits per heavy atom. The van der Waals surface area contributed by atoms with Crippen molar-refractivity contribution in [2.75, 3.05) is 6.54 Å². The molecule has 2 aliphatic carbocycles. The summed E-state index contributed by atoms with van der Waals surface area (Å²) in [6.45, 7) is 8.53. The van der Waals surface area contributed by atoms with Crippen molar-refractivity contribution in [3.05, 3.63) is 12.2 Å². The first-order valence-electron chi connectivity index (χ1n) is 7.62. The summed E-state index contributed by atoms with van der Waals surface area (Å²) in [5.74, 6) is 1.92. The van der Waals surface area contributed by atoms with Crippen molar-refractivity contribution < 1.29 is 0 Å². The van der Waals surface area contributed by atoms with Crippen LogP contribution in [0.25, 0.3) is 0 Å². The van der Waals surface area contributed by atoms with Crippen LogP contribution in [-0.2, 0) is 6.42 Å². The van der Waals surface area contributed by atoms with Gasteiger partial charge in [0.1, 0.15) is 12.2 Å². The minimum Gasteiger partial charge on any atom is -0.313 e. The summed E-state index contributed by atoms with van der Waals surface area (Å²) in [7, 11) is 0. The Kier molecular flexibility index (Phi) is 3.16. The molecule has 4 nitrogen and oxygen atoms in total. The molecule has 0 radical (unpaired) electrons. The highest BCUT2D eigenvalue weighted by molar-refractivity contribution is 5.12. The van der Waals surface area contributed by atoms with E-state index < -0.39 is 0 Å². The van der Waals surface area contributed by atoms with Crippen LogP contribution in [0.15, 0.2) is 6.33 Å². The second kappa shape index (κ2) is 4.58. The molecule has 2 N–H and O–H groups in total. The average molecular weight is 262 g/mol. The molecule has 0 spiro atoms. The molecule has 0 saturated heterocycles. The molecule has 0 aromatic carbocycles. The molecule has 1 aromatic rings. The first-order valence-corrected chi connectivity index (χ1v) is 7.62. The normalized spacial score (nSPS) is 35.9. The fourth-order valence-electron chi connectivity index (χ4n) is 4.40. The maximum absolute atomic E-state index is 4.17. The van der Waals surface area contributed by atoms with Crippen LogP contribution >= 0.6 is 0 Å². The fourth-order valence-corrected chi connectivity index (χ4v) is 4.40. The lowest BCUT2D eigenvalue weighted by Gasteiger charge is -2.39. The van der Waals surface area contributed by atoms with E-state index in [1.807, 2.05) is 0 Å². The second-order valence-electron chi connectivity index (χ2n) is 7.15. The van der Waals surface area contributed by atoms with Gasteiger partial charge >= 0.3 is 0 Å². The zero-order valence-corrected chi connectivity index (χ0v) is 12.4. The molecule has 2 fully saturated rings. The van der Waals surface area contributed by atoms with Crippen LogP contribution in [0.5, 0.6) is 0 Å². The Morgan fingerprint density at radius 1 is 1.42 bits per heavy atom. The van der Waals surface area contributed by atoms with Crippen LogP contribution in [0.2, 0.25) is 0 Å². The minimum atomic E-state index is 0.490. The van der Waals surface area contributed by atoms with Gasteiger partial charge in [-0.1, -0.05) is 20.8 Å². The number of nitrogens with one attached hydrogen (secondary N) is 2. The molecular weight excluding hydrogens is 236 g/mol. The highest BCUT2D eigenvalue weighted by Crippen LogP contribution is 2.65. The predicted octanol–water partition coefficient (Wildman–Crippen LogP) is 2.54. The molecule has 2 saturated carbocycles. The SMILES string of the molecule is CC1(C)C2CCC1(C)C(NCCCc1ncn[nH]1)C2. The molecule has 0 amide bonds. The van der Waals surface area contributed by atoms with E-state index in [0.717, 1.165) is 31.1 Å². The Bertz CT molecular complexity index is 425. The number of aromatic amines is 1. The summed E-state index contributed by atoms with van der Waals surface area (Å²) in [6.07, 6.45) is 7.90. The monoisotopic (exact) mass is 262 g/mol. The third kappa shape index (κ3) is 2.00. The summed E-state index contributed by atoms with van der Waals surface area (Å²) in [5, 5.41) is 10.6. The molecule has 106 valence electrons. The highest BCUT2D eigenvalue weighted by atomic mass is 15.2. The lowest BCUT2D eigenvalue weighted by atomic mass is 9.69. The van der Waals surface area contributed by atoms with Crippen LogP contribution in [0, 0.1) is 16.7 Å². The molecular formula is C15H26N4. The summed E-state index contributed by atoms with van der Waals surface area (Å²) >= 11 is 0. The van der Waals surface area contributed by atoms with Gasteiger partial charge in [-0.25, -0.2) is 4.98 Å². The van der Waals surface area contributed by atoms with Gasteiger partial charge in [0.25, 0.3) is 0 Å². The van der Waals surface area contributed by atoms with Crippen molar-refractivity contribution in [1.29, 1.82) is 0 Å². The fraction of sp³-hybridized carbons (Fsp3) is 0.867. The quantitative estimate of drug-likeness (QED) is 0.802. The van der Waals surface area contributed by atoms with Crippen LogP contribution in [0.3, 0.4) is 0 Å². The summed E-state index contributed by atoms with van der Waals surface area (Å²) in [4.78, 5) is 4.17. The number of H-pyrrole nitrogens is 1. The summed E-state index contributed by atoms with van der Waals surface area (Å²) < 4.78 is 0. The van der Waals surface area contributed by atoms with Crippen LogP contribution in [0.1, 0.15) is 52.3 Å². The van der Waals surface area contributed by atoms with Gasteiger partial charge in [0.05, 0.1) is 0 Å². The summed E-state index contributed by atoms with van der Waals surface area (Å²) in [5.41, 5.74) is 1.000. The number of rotatable bonds is 5. The average Bonchev–Trinajstić information content (AvgIpc) is 3.00. The lowest BCUT2D eigenvalue weighted by Crippen LogP contribution is -2.44. The Labute approximate surface area is 115 Å². The maximum Gasteiger partial charge on any atom is 0.137 e. The Morgan fingerprint density at radius 3 is 2.84 bits per heavy atom. The van der Waals surface area contributed by atoms with E-state index in [1.54, 1.807) is 6.33 Å². The van der Waals surface area contributed by atoms with Gasteiger partial charge in [-0.05, 0) is 49.0 Å². The van der Waals surface area contributed by atoms with Crippen molar-refractivity contribution in [3.63, 3.8) is 0 Å². The number of hydrogen-bond donors (Lipinski definition) is 2. The number of nitrogens with zero attached hydrogens (tertiary/aromatic N) is 2. The zero-order chi connectivity index (χ0) is 13.5. The number of fused-ring (bicyclic) bond motifs is 2. The van der Waals surface area contributed by atoms with Crippen molar-refractivity contribution in [3.8, 4) is 0 Å². The standard InChI is InChI=1S/C15H26N4/c1-14(2)11-6-7-15(14,3)12(9-11)16-8-4-5-13-17-10-18-19-13/h10-12,16H,4-9H2,1-3H3,(H,17,18,19). The Hall–Kier alpha value is -0.900. The molecule has 3 rings (SSSR count). The van der Waals surface area contributed by atoms with Gasteiger partial charge in [0.15, 0.2) is 0 Å². The van der Waals surface area contributed by atoms with Crippen LogP contribution < -0.4 is 5.32 Å². The predicted molar refractivity (Wildman–Crippen MR) is 75.7 cm³/mol. The molecule has 1 heterocycles. The number of hydrogen-bond acceptors (Lipinski definition) is 3. The van der Waals surface area contributed by atoms with E-state index in [0.29, 0.717) is 16.9 Å². The van der Waals surface area contributed by atoms with Gasteiger partial charge in [0.2, 0.25) is 0 Å². The lowest BCUT2D eigenvalue weighted by molar-refractivity contribution is 0.121. The molecule has 3 atom stereocenters. The third-order valence-corrected chi connectivity index (χ3v) is 6.24. The first kappa shape index (κ1) is 13.1. The minimum absolute atomic E-state index is 0.490. The Balaban J connectivity index is 1.49. The smallest absolute Gasteiger partial charge is 0.137 e. The molecule has 4 heteroatoms. The second-order valence-corrected chi connectivity index (χ2v) is 7.15. The maximum atomic E-state index is 4.17. The van der Waals surface area contributed by atoms with E-state index in [4.69, 9.17) is 0 Å². The van der Waals surface area contributed by atoms with Gasteiger partial charge in [-0.3, -0.25) is 5.10 Å². The van der Waals surface area contributed by atoms with Gasteiger partial charge in [-0.2, -0.15) is 5.10 Å². The van der Waals surface area contributed by atoms with Crippen molar-refractivity contribution >= 4 is 0 Å². The van der Waals surface area contributed by atoms with Crippen LogP contribution in [-0.4, -0.2) is 27.8 Å². The molecule has 1 aromatic heterocycles. The molecule has 3 unspecified atom stereocenters. The van der Waals surface area contributed by atoms with Crippen LogP contribution in [0.4, 0.5) is 0 Å². The van der Waals surface area contributed by atoms with E-state index in [-0.39, 0.29) is 0 Å². The molecule has 0 aliphatic heterocycles. The van der Waals surface area contributed by atoms with Crippen molar-refractivity contribution in [2.45, 2.75) is 58.9 Å². The molecule has 2 bridgehead atoms. The van der Waals surface area contributed by atoms with Crippen molar-refractivity contribution in [2.24, 2.45) is 16.7 Å². The van der Waals surface area contributed by atoms with E-state index in [2.05, 4.69) is 41.3 Å². The van der Waals surface area contributed by atoms with Crippen molar-refractivity contribution in [1.82, 2.24) is 20.5 Å². The summed E-state index contributed by atoms with van der Waals surface area (Å²) in [6, 6.07) is 0.705. The van der Waals surface area contributed by atoms with Gasteiger partial charge < -0.3 is 5.32 Å². The zero-order valence-electron chi connectivity index (χ0n) is 12.4. The first-order chi connectivity index (χ1) is 9.04. The van der Waals surface area contributed by atoms with E-state index in [9.17, 15) is 0 Å². The number of aryl methyl sites for hydroxylation is 1. The largest absolute Gasteiger partial charge is 0.313 e. The molecule has 2 aliphatic rings. The van der Waals surface area contributed by atoms with Gasteiger partial charge in [-0.15, -0.1) is 0 Å². The van der Waals surface area contributed by atoms with Gasteiger partial charge in [0, 0.05) is 12.5 Å². The highest BCUT2D eigenvalue weighted by Gasteiger charge is 2.60. The van der Waals surface area contributed by atoms with E-state index >= 15 is 0 Å². The topological polar surface area (TPSA) is 53.6 Å². The molecule has 19 heavy (non-hydrogen) atoms.